The topological polar surface area (TPSA) is 64.6 Å². The summed E-state index contributed by atoms with van der Waals surface area (Å²) in [5, 5.41) is 18.0. The highest BCUT2D eigenvalue weighted by Crippen LogP contribution is 2.36. The number of carbonyl (C=O) groups is 1. The molecule has 0 fully saturated rings. The van der Waals surface area contributed by atoms with E-state index in [9.17, 15) is 9.90 Å². The van der Waals surface area contributed by atoms with Crippen molar-refractivity contribution in [1.29, 1.82) is 0 Å². The molecule has 0 saturated carbocycles. The number of benzene rings is 3. The molecule has 0 bridgehead atoms. The second-order valence-electron chi connectivity index (χ2n) is 6.29. The predicted molar refractivity (Wildman–Crippen MR) is 112 cm³/mol. The van der Waals surface area contributed by atoms with Crippen LogP contribution >= 0.6 is 0 Å². The van der Waals surface area contributed by atoms with Crippen molar-refractivity contribution in [2.75, 3.05) is 30.4 Å². The van der Waals surface area contributed by atoms with E-state index in [2.05, 4.69) is 41.5 Å². The fourth-order valence-electron chi connectivity index (χ4n) is 3.27. The Bertz CT molecular complexity index is 948. The van der Waals surface area contributed by atoms with Gasteiger partial charge >= 0.3 is 0 Å². The van der Waals surface area contributed by atoms with Crippen LogP contribution in [-0.2, 0) is 0 Å². The number of fused-ring (bicyclic) bond motifs is 1. The zero-order chi connectivity index (χ0) is 19.4. The minimum absolute atomic E-state index is 0.00705. The molecule has 0 atom stereocenters. The molecule has 3 N–H and O–H groups in total. The number of carbonyl (C=O) groups excluding carboxylic acids is 1. The predicted octanol–water partition coefficient (Wildman–Crippen LogP) is 4.49. The molecule has 3 aromatic rings. The summed E-state index contributed by atoms with van der Waals surface area (Å²) >= 11 is 0. The number of hydrogen-bond acceptors (Lipinski definition) is 4. The van der Waals surface area contributed by atoms with E-state index < -0.39 is 0 Å². The van der Waals surface area contributed by atoms with Gasteiger partial charge in [0.25, 0.3) is 5.91 Å². The molecule has 0 aliphatic carbocycles. The Morgan fingerprint density at radius 3 is 2.22 bits per heavy atom. The summed E-state index contributed by atoms with van der Waals surface area (Å²) in [4.78, 5) is 14.4. The zero-order valence-electron chi connectivity index (χ0n) is 15.9. The molecular weight excluding hydrogens is 338 g/mol. The molecule has 3 rings (SSSR count). The fraction of sp³-hybridized carbons (Fsp3) is 0.227. The molecule has 0 radical (unpaired) electrons. The van der Waals surface area contributed by atoms with Crippen LogP contribution in [0.1, 0.15) is 24.2 Å². The van der Waals surface area contributed by atoms with Gasteiger partial charge in [-0.1, -0.05) is 24.3 Å². The summed E-state index contributed by atoms with van der Waals surface area (Å²) in [6.07, 6.45) is 0. The number of aromatic hydroxyl groups is 1. The first-order valence-electron chi connectivity index (χ1n) is 9.17. The zero-order valence-corrected chi connectivity index (χ0v) is 15.9. The second-order valence-corrected chi connectivity index (χ2v) is 6.29. The van der Waals surface area contributed by atoms with Crippen molar-refractivity contribution in [2.24, 2.45) is 0 Å². The first kappa shape index (κ1) is 18.6. The molecular formula is C22H25N3O2. The van der Waals surface area contributed by atoms with Gasteiger partial charge in [0.1, 0.15) is 5.75 Å². The summed E-state index contributed by atoms with van der Waals surface area (Å²) < 4.78 is 0. The Labute approximate surface area is 159 Å². The smallest absolute Gasteiger partial charge is 0.254 e. The van der Waals surface area contributed by atoms with Gasteiger partial charge in [-0.3, -0.25) is 4.79 Å². The van der Waals surface area contributed by atoms with Crippen LogP contribution in [0, 0.1) is 0 Å². The molecule has 5 heteroatoms. The Morgan fingerprint density at radius 2 is 1.63 bits per heavy atom. The normalized spacial score (nSPS) is 10.6. The van der Waals surface area contributed by atoms with Crippen molar-refractivity contribution in [3.05, 3.63) is 60.2 Å². The molecule has 27 heavy (non-hydrogen) atoms. The van der Waals surface area contributed by atoms with E-state index >= 15 is 0 Å². The molecule has 5 nitrogen and oxygen atoms in total. The molecule has 1 amide bonds. The maximum atomic E-state index is 12.2. The quantitative estimate of drug-likeness (QED) is 0.565. The molecule has 0 aromatic heterocycles. The minimum Gasteiger partial charge on any atom is -0.506 e. The lowest BCUT2D eigenvalue weighted by atomic mass is 10.0. The Balaban J connectivity index is 2.01. The maximum absolute atomic E-state index is 12.2. The first-order valence-corrected chi connectivity index (χ1v) is 9.17. The Kier molecular flexibility index (Phi) is 5.50. The lowest BCUT2D eigenvalue weighted by Crippen LogP contribution is -2.21. The molecule has 0 spiro atoms. The van der Waals surface area contributed by atoms with Gasteiger partial charge in [0, 0.05) is 48.0 Å². The van der Waals surface area contributed by atoms with Crippen molar-refractivity contribution in [3.8, 4) is 5.75 Å². The van der Waals surface area contributed by atoms with Gasteiger partial charge in [-0.2, -0.15) is 0 Å². The maximum Gasteiger partial charge on any atom is 0.254 e. The van der Waals surface area contributed by atoms with E-state index in [0.29, 0.717) is 5.39 Å². The molecule has 0 heterocycles. The van der Waals surface area contributed by atoms with Gasteiger partial charge < -0.3 is 20.6 Å². The molecule has 0 saturated heterocycles. The van der Waals surface area contributed by atoms with E-state index in [4.69, 9.17) is 0 Å². The van der Waals surface area contributed by atoms with Crippen LogP contribution in [-0.4, -0.2) is 31.2 Å². The molecule has 0 unspecified atom stereocenters. The summed E-state index contributed by atoms with van der Waals surface area (Å²) in [5.41, 5.74) is 3.12. The van der Waals surface area contributed by atoms with E-state index in [1.165, 1.54) is 5.69 Å². The summed E-state index contributed by atoms with van der Waals surface area (Å²) in [6.45, 7) is 6.19. The van der Waals surface area contributed by atoms with E-state index in [-0.39, 0.29) is 17.2 Å². The van der Waals surface area contributed by atoms with Gasteiger partial charge in [-0.05, 0) is 44.2 Å². The Hall–Kier alpha value is -3.21. The van der Waals surface area contributed by atoms with Gasteiger partial charge in [0.15, 0.2) is 0 Å². The number of nitrogens with zero attached hydrogens (tertiary/aromatic N) is 1. The van der Waals surface area contributed by atoms with Crippen molar-refractivity contribution < 1.29 is 9.90 Å². The van der Waals surface area contributed by atoms with Crippen LogP contribution < -0.4 is 15.5 Å². The first-order chi connectivity index (χ1) is 13.1. The van der Waals surface area contributed by atoms with Crippen LogP contribution in [0.15, 0.2) is 54.6 Å². The van der Waals surface area contributed by atoms with Crippen LogP contribution in [0.5, 0.6) is 5.75 Å². The van der Waals surface area contributed by atoms with Gasteiger partial charge in [0.05, 0.1) is 5.56 Å². The van der Waals surface area contributed by atoms with Crippen LogP contribution in [0.3, 0.4) is 0 Å². The van der Waals surface area contributed by atoms with Gasteiger partial charge in [-0.25, -0.2) is 0 Å². The van der Waals surface area contributed by atoms with Crippen LogP contribution in [0.4, 0.5) is 17.1 Å². The third-order valence-electron chi connectivity index (χ3n) is 4.76. The van der Waals surface area contributed by atoms with Crippen LogP contribution in [0.25, 0.3) is 10.8 Å². The highest BCUT2D eigenvalue weighted by Gasteiger charge is 2.16. The minimum atomic E-state index is -0.321. The number of hydrogen-bond donors (Lipinski definition) is 3. The summed E-state index contributed by atoms with van der Waals surface area (Å²) in [5.74, 6) is -0.328. The Morgan fingerprint density at radius 1 is 1.00 bits per heavy atom. The SMILES string of the molecule is CCN(CC)c1ccc(Nc2cc(C(=O)NC)c(O)c3ccccc23)cc1. The fourth-order valence-corrected chi connectivity index (χ4v) is 3.27. The van der Waals surface area contributed by atoms with Crippen molar-refractivity contribution in [2.45, 2.75) is 13.8 Å². The molecule has 3 aromatic carbocycles. The van der Waals surface area contributed by atoms with E-state index in [1.807, 2.05) is 36.4 Å². The lowest BCUT2D eigenvalue weighted by molar-refractivity contribution is 0.0960. The van der Waals surface area contributed by atoms with Gasteiger partial charge in [-0.15, -0.1) is 0 Å². The third-order valence-corrected chi connectivity index (χ3v) is 4.76. The number of phenolic OH excluding ortho intramolecular Hbond substituents is 1. The highest BCUT2D eigenvalue weighted by molar-refractivity contribution is 6.08. The number of amides is 1. The van der Waals surface area contributed by atoms with Crippen molar-refractivity contribution in [3.63, 3.8) is 0 Å². The number of phenols is 1. The second kappa shape index (κ2) is 7.99. The number of nitrogens with one attached hydrogen (secondary N) is 2. The standard InChI is InChI=1S/C22H25N3O2/c1-4-25(5-2)16-12-10-15(11-13-16)24-20-14-19(22(27)23-3)21(26)18-9-7-6-8-17(18)20/h6-14,24,26H,4-5H2,1-3H3,(H,23,27). The molecule has 0 aliphatic heterocycles. The van der Waals surface area contributed by atoms with Crippen molar-refractivity contribution >= 4 is 33.7 Å². The lowest BCUT2D eigenvalue weighted by Gasteiger charge is -2.21. The third kappa shape index (κ3) is 3.67. The van der Waals surface area contributed by atoms with E-state index in [0.717, 1.165) is 29.9 Å². The summed E-state index contributed by atoms with van der Waals surface area (Å²) in [6, 6.07) is 17.4. The highest BCUT2D eigenvalue weighted by atomic mass is 16.3. The van der Waals surface area contributed by atoms with E-state index in [1.54, 1.807) is 13.1 Å². The number of anilines is 3. The average molecular weight is 363 g/mol. The largest absolute Gasteiger partial charge is 0.506 e. The van der Waals surface area contributed by atoms with Gasteiger partial charge in [0.2, 0.25) is 0 Å². The molecule has 0 aliphatic rings. The average Bonchev–Trinajstić information content (AvgIpc) is 2.71. The van der Waals surface area contributed by atoms with Crippen molar-refractivity contribution in [1.82, 2.24) is 5.32 Å². The van der Waals surface area contributed by atoms with Crippen LogP contribution in [0.2, 0.25) is 0 Å². The number of rotatable bonds is 6. The monoisotopic (exact) mass is 363 g/mol. The molecule has 140 valence electrons. The summed E-state index contributed by atoms with van der Waals surface area (Å²) in [7, 11) is 1.55.